The fourth-order valence-corrected chi connectivity index (χ4v) is 5.00. The van der Waals surface area contributed by atoms with Gasteiger partial charge in [-0.25, -0.2) is 9.97 Å². The molecule has 5 rings (SSSR count). The molecule has 2 aromatic carbocycles. The average Bonchev–Trinajstić information content (AvgIpc) is 3.47. The topological polar surface area (TPSA) is 98.2 Å². The van der Waals surface area contributed by atoms with Gasteiger partial charge in [0.2, 0.25) is 0 Å². The third-order valence-electron chi connectivity index (χ3n) is 6.00. The van der Waals surface area contributed by atoms with Crippen molar-refractivity contribution < 1.29 is 9.84 Å². The number of hydrogen-bond donors (Lipinski definition) is 3. The summed E-state index contributed by atoms with van der Waals surface area (Å²) in [6.07, 6.45) is 8.38. The average molecular weight is 448 g/mol. The van der Waals surface area contributed by atoms with Crippen LogP contribution in [0.1, 0.15) is 31.7 Å². The third kappa shape index (κ3) is 3.82. The summed E-state index contributed by atoms with van der Waals surface area (Å²) < 4.78 is 10.6. The molecule has 1 saturated carbocycles. The van der Waals surface area contributed by atoms with Gasteiger partial charge in [0, 0.05) is 22.7 Å². The summed E-state index contributed by atoms with van der Waals surface area (Å²) >= 11 is 1.42. The van der Waals surface area contributed by atoms with E-state index in [1.807, 2.05) is 36.4 Å². The molecule has 2 aromatic heterocycles. The summed E-state index contributed by atoms with van der Waals surface area (Å²) in [5, 5.41) is 11.5. The van der Waals surface area contributed by atoms with Gasteiger partial charge in [-0.3, -0.25) is 0 Å². The molecule has 32 heavy (non-hydrogen) atoms. The van der Waals surface area contributed by atoms with E-state index in [1.54, 1.807) is 13.2 Å². The molecule has 4 aromatic rings. The van der Waals surface area contributed by atoms with Gasteiger partial charge in [-0.1, -0.05) is 18.9 Å². The first-order chi connectivity index (χ1) is 15.6. The van der Waals surface area contributed by atoms with E-state index in [4.69, 9.17) is 10.5 Å². The largest absolute Gasteiger partial charge is 0.506 e. The maximum absolute atomic E-state index is 10.7. The van der Waals surface area contributed by atoms with Gasteiger partial charge < -0.3 is 24.9 Å². The van der Waals surface area contributed by atoms with Crippen LogP contribution in [0.5, 0.6) is 11.5 Å². The number of nitrogens with two attached hydrogens (primary N) is 1. The Morgan fingerprint density at radius 2 is 1.91 bits per heavy atom. The first kappa shape index (κ1) is 20.5. The maximum Gasteiger partial charge on any atom is 0.146 e. The molecule has 0 bridgehead atoms. The second kappa shape index (κ2) is 8.63. The highest BCUT2D eigenvalue weighted by molar-refractivity contribution is 8.00. The Morgan fingerprint density at radius 1 is 1.12 bits per heavy atom. The van der Waals surface area contributed by atoms with Gasteiger partial charge in [0.1, 0.15) is 29.3 Å². The molecular weight excluding hydrogens is 422 g/mol. The Bertz CT molecular complexity index is 1250. The number of aromatic nitrogens is 3. The van der Waals surface area contributed by atoms with Crippen LogP contribution in [0.15, 0.2) is 59.9 Å². The molecule has 4 N–H and O–H groups in total. The molecule has 1 aliphatic rings. The van der Waals surface area contributed by atoms with Gasteiger partial charge in [0.05, 0.1) is 18.2 Å². The van der Waals surface area contributed by atoms with Crippen LogP contribution in [0.25, 0.3) is 22.2 Å². The number of benzene rings is 2. The summed E-state index contributed by atoms with van der Waals surface area (Å²) in [6.45, 7) is 0. The Hall–Kier alpha value is -3.39. The highest BCUT2D eigenvalue weighted by atomic mass is 32.2. The molecule has 0 unspecified atom stereocenters. The van der Waals surface area contributed by atoms with Crippen LogP contribution in [-0.2, 0) is 0 Å². The first-order valence-corrected chi connectivity index (χ1v) is 11.5. The van der Waals surface area contributed by atoms with Crippen molar-refractivity contribution in [3.63, 3.8) is 0 Å². The van der Waals surface area contributed by atoms with Gasteiger partial charge in [-0.05, 0) is 66.8 Å². The summed E-state index contributed by atoms with van der Waals surface area (Å²) in [5.41, 5.74) is 9.57. The van der Waals surface area contributed by atoms with Gasteiger partial charge in [0.25, 0.3) is 0 Å². The van der Waals surface area contributed by atoms with Crippen molar-refractivity contribution >= 4 is 34.5 Å². The number of nitrogen functional groups attached to an aromatic ring is 1. The van der Waals surface area contributed by atoms with E-state index in [-0.39, 0.29) is 5.75 Å². The number of hydrogen-bond acceptors (Lipinski definition) is 7. The minimum atomic E-state index is 0.167. The van der Waals surface area contributed by atoms with E-state index in [0.717, 1.165) is 45.6 Å². The number of nitrogens with one attached hydrogen (secondary N) is 1. The zero-order chi connectivity index (χ0) is 22.1. The lowest BCUT2D eigenvalue weighted by Gasteiger charge is -2.12. The van der Waals surface area contributed by atoms with E-state index in [2.05, 4.69) is 25.5 Å². The molecule has 7 nitrogen and oxygen atoms in total. The summed E-state index contributed by atoms with van der Waals surface area (Å²) in [4.78, 5) is 9.76. The van der Waals surface area contributed by atoms with E-state index in [1.165, 1.54) is 31.1 Å². The zero-order valence-electron chi connectivity index (χ0n) is 17.8. The van der Waals surface area contributed by atoms with Crippen molar-refractivity contribution in [3.05, 3.63) is 55.0 Å². The molecule has 2 heterocycles. The second-order valence-electron chi connectivity index (χ2n) is 7.96. The lowest BCUT2D eigenvalue weighted by atomic mass is 10.1. The van der Waals surface area contributed by atoms with E-state index in [9.17, 15) is 5.11 Å². The fourth-order valence-electron chi connectivity index (χ4n) is 4.33. The standard InChI is InChI=1S/C24H25N5O2S/c1-31-17-7-9-18(10-8-17)32-28-20-11-6-15(12-21(20)30)19-13-29(16-4-2-3-5-16)24-22(19)23(25)26-14-27-24/h6-14,16,28,30H,2-5H2,1H3,(H2,25,26,27). The summed E-state index contributed by atoms with van der Waals surface area (Å²) in [5.74, 6) is 1.43. The zero-order valence-corrected chi connectivity index (χ0v) is 18.6. The summed E-state index contributed by atoms with van der Waals surface area (Å²) in [7, 11) is 1.64. The normalized spacial score (nSPS) is 14.2. The maximum atomic E-state index is 10.7. The van der Waals surface area contributed by atoms with Crippen LogP contribution < -0.4 is 15.2 Å². The van der Waals surface area contributed by atoms with Gasteiger partial charge in [-0.15, -0.1) is 0 Å². The lowest BCUT2D eigenvalue weighted by molar-refractivity contribution is 0.414. The molecule has 1 aliphatic carbocycles. The van der Waals surface area contributed by atoms with Crippen molar-refractivity contribution in [1.29, 1.82) is 0 Å². The third-order valence-corrected chi connectivity index (χ3v) is 6.83. The van der Waals surface area contributed by atoms with Crippen LogP contribution in [0.3, 0.4) is 0 Å². The van der Waals surface area contributed by atoms with Gasteiger partial charge in [0.15, 0.2) is 0 Å². The minimum absolute atomic E-state index is 0.167. The second-order valence-corrected chi connectivity index (χ2v) is 8.84. The molecule has 0 aliphatic heterocycles. The Morgan fingerprint density at radius 3 is 2.62 bits per heavy atom. The van der Waals surface area contributed by atoms with E-state index < -0.39 is 0 Å². The molecule has 164 valence electrons. The molecule has 0 radical (unpaired) electrons. The van der Waals surface area contributed by atoms with Crippen LogP contribution in [-0.4, -0.2) is 26.8 Å². The van der Waals surface area contributed by atoms with Crippen LogP contribution in [0.2, 0.25) is 0 Å². The smallest absolute Gasteiger partial charge is 0.146 e. The van der Waals surface area contributed by atoms with Crippen LogP contribution in [0.4, 0.5) is 11.5 Å². The van der Waals surface area contributed by atoms with Crippen LogP contribution >= 0.6 is 11.9 Å². The Labute approximate surface area is 190 Å². The number of phenols is 1. The predicted molar refractivity (Wildman–Crippen MR) is 129 cm³/mol. The molecule has 8 heteroatoms. The number of aromatic hydroxyl groups is 1. The van der Waals surface area contributed by atoms with Crippen molar-refractivity contribution in [1.82, 2.24) is 14.5 Å². The number of anilines is 2. The Kier molecular flexibility index (Phi) is 5.53. The molecule has 0 atom stereocenters. The van der Waals surface area contributed by atoms with Gasteiger partial charge in [-0.2, -0.15) is 0 Å². The first-order valence-electron chi connectivity index (χ1n) is 10.7. The monoisotopic (exact) mass is 447 g/mol. The highest BCUT2D eigenvalue weighted by Crippen LogP contribution is 2.40. The number of phenolic OH excluding ortho intramolecular Hbond substituents is 1. The number of fused-ring (bicyclic) bond motifs is 1. The van der Waals surface area contributed by atoms with Crippen molar-refractivity contribution in [3.8, 4) is 22.6 Å². The highest BCUT2D eigenvalue weighted by Gasteiger charge is 2.23. The number of ether oxygens (including phenoxy) is 1. The number of rotatable bonds is 6. The Balaban J connectivity index is 1.44. The molecule has 0 amide bonds. The van der Waals surface area contributed by atoms with Crippen molar-refractivity contribution in [2.24, 2.45) is 0 Å². The number of methoxy groups -OCH3 is 1. The quantitative estimate of drug-likeness (QED) is 0.260. The SMILES string of the molecule is COc1ccc(SNc2ccc(-c3cn(C4CCCC4)c4ncnc(N)c34)cc2O)cc1. The minimum Gasteiger partial charge on any atom is -0.506 e. The van der Waals surface area contributed by atoms with E-state index in [0.29, 0.717) is 17.5 Å². The van der Waals surface area contributed by atoms with Gasteiger partial charge >= 0.3 is 0 Å². The fraction of sp³-hybridized carbons (Fsp3) is 0.250. The summed E-state index contributed by atoms with van der Waals surface area (Å²) in [6, 6.07) is 13.8. The lowest BCUT2D eigenvalue weighted by Crippen LogP contribution is -2.04. The molecule has 1 fully saturated rings. The molecule has 0 saturated heterocycles. The van der Waals surface area contributed by atoms with E-state index >= 15 is 0 Å². The number of nitrogens with zero attached hydrogens (tertiary/aromatic N) is 3. The van der Waals surface area contributed by atoms with Crippen LogP contribution in [0, 0.1) is 0 Å². The molecule has 0 spiro atoms. The predicted octanol–water partition coefficient (Wildman–Crippen LogP) is 5.63. The van der Waals surface area contributed by atoms with Crippen molar-refractivity contribution in [2.45, 2.75) is 36.6 Å². The molecular formula is C24H25N5O2S. The van der Waals surface area contributed by atoms with Crippen molar-refractivity contribution in [2.75, 3.05) is 17.6 Å².